The van der Waals surface area contributed by atoms with Gasteiger partial charge in [-0.15, -0.1) is 12.6 Å². The second kappa shape index (κ2) is 6.07. The summed E-state index contributed by atoms with van der Waals surface area (Å²) >= 11 is 7.50. The van der Waals surface area contributed by atoms with Gasteiger partial charge in [0.25, 0.3) is 0 Å². The number of carbonyl (C=O) groups excluding carboxylic acids is 1. The Bertz CT molecular complexity index is 108. The Hall–Kier alpha value is 0.330. The summed E-state index contributed by atoms with van der Waals surface area (Å²) in [4.78, 5) is 10.6. The van der Waals surface area contributed by atoms with E-state index in [0.29, 0.717) is 0 Å². The molecule has 1 atom stereocenters. The number of rotatable bonds is 5. The van der Waals surface area contributed by atoms with E-state index < -0.39 is 0 Å². The Morgan fingerprint density at radius 3 is 2.60 bits per heavy atom. The van der Waals surface area contributed by atoms with Crippen LogP contribution in [-0.4, -0.2) is 11.2 Å². The summed E-state index contributed by atoms with van der Waals surface area (Å²) in [6.45, 7) is 2.08. The third-order valence-corrected chi connectivity index (χ3v) is 1.92. The molecule has 0 amide bonds. The minimum atomic E-state index is -0.188. The van der Waals surface area contributed by atoms with Crippen molar-refractivity contribution in [2.24, 2.45) is 0 Å². The van der Waals surface area contributed by atoms with Crippen molar-refractivity contribution < 1.29 is 4.79 Å². The molecule has 0 aromatic rings. The molecule has 0 bridgehead atoms. The van der Waals surface area contributed by atoms with Crippen LogP contribution in [0.25, 0.3) is 0 Å². The molecule has 1 N–H and O–H groups in total. The van der Waals surface area contributed by atoms with E-state index in [2.05, 4.69) is 37.1 Å². The average Bonchev–Trinajstić information content (AvgIpc) is 1.89. The van der Waals surface area contributed by atoms with E-state index in [0.717, 1.165) is 19.3 Å². The fraction of sp³-hybridized carbons (Fsp3) is 0.833. The molecule has 10 heavy (non-hydrogen) atoms. The number of nitrogens with one attached hydrogen (secondary N) is 1. The third kappa shape index (κ3) is 4.19. The lowest BCUT2D eigenvalue weighted by atomic mass is 10.1. The number of unbranched alkanes of at least 4 members (excludes halogenated alkanes) is 1. The predicted molar refractivity (Wildman–Crippen MR) is 49.4 cm³/mol. The Morgan fingerprint density at radius 1 is 1.70 bits per heavy atom. The second-order valence-corrected chi connectivity index (χ2v) is 2.86. The summed E-state index contributed by atoms with van der Waals surface area (Å²) in [5, 5.41) is -0.136. The van der Waals surface area contributed by atoms with Crippen molar-refractivity contribution in [2.45, 2.75) is 32.2 Å². The highest BCUT2D eigenvalue weighted by Crippen LogP contribution is 2.03. The number of hydrogen-bond acceptors (Lipinski definition) is 3. The summed E-state index contributed by atoms with van der Waals surface area (Å²) < 4.78 is 2.60. The Labute approximate surface area is 72.7 Å². The van der Waals surface area contributed by atoms with Crippen LogP contribution in [0.5, 0.6) is 0 Å². The van der Waals surface area contributed by atoms with Crippen LogP contribution < -0.4 is 4.72 Å². The second-order valence-electron chi connectivity index (χ2n) is 2.16. The molecule has 0 unspecified atom stereocenters. The van der Waals surface area contributed by atoms with Crippen molar-refractivity contribution in [2.75, 3.05) is 0 Å². The zero-order chi connectivity index (χ0) is 7.98. The van der Waals surface area contributed by atoms with Crippen LogP contribution in [0.3, 0.4) is 0 Å². The van der Waals surface area contributed by atoms with Crippen molar-refractivity contribution in [1.29, 1.82) is 0 Å². The molecule has 0 saturated heterocycles. The van der Waals surface area contributed by atoms with Crippen molar-refractivity contribution >= 4 is 30.6 Å². The lowest BCUT2D eigenvalue weighted by Crippen LogP contribution is -2.27. The van der Waals surface area contributed by atoms with Gasteiger partial charge in [-0.1, -0.05) is 32.6 Å². The zero-order valence-electron chi connectivity index (χ0n) is 6.00. The normalized spacial score (nSPS) is 13.1. The van der Waals surface area contributed by atoms with Crippen molar-refractivity contribution in [3.63, 3.8) is 0 Å². The van der Waals surface area contributed by atoms with Gasteiger partial charge in [-0.05, 0) is 6.42 Å². The van der Waals surface area contributed by atoms with Crippen LogP contribution in [-0.2, 0) is 4.79 Å². The molecule has 0 spiro atoms. The van der Waals surface area contributed by atoms with Gasteiger partial charge in [0.15, 0.2) is 0 Å². The molecular formula is C6H13NOS2. The van der Waals surface area contributed by atoms with Gasteiger partial charge in [0.1, 0.15) is 0 Å². The minimum absolute atomic E-state index is 0.136. The lowest BCUT2D eigenvalue weighted by Gasteiger charge is -2.08. The van der Waals surface area contributed by atoms with E-state index in [9.17, 15) is 4.79 Å². The van der Waals surface area contributed by atoms with E-state index in [1.807, 2.05) is 0 Å². The zero-order valence-corrected chi connectivity index (χ0v) is 7.79. The summed E-state index contributed by atoms with van der Waals surface area (Å²) in [7, 11) is 0. The molecule has 0 aliphatic carbocycles. The largest absolute Gasteiger partial charge is 0.286 e. The van der Waals surface area contributed by atoms with Crippen LogP contribution in [0.1, 0.15) is 26.2 Å². The molecule has 0 radical (unpaired) electrons. The highest BCUT2D eigenvalue weighted by atomic mass is 32.1. The fourth-order valence-corrected chi connectivity index (χ4v) is 1.19. The van der Waals surface area contributed by atoms with Crippen LogP contribution in [0, 0.1) is 0 Å². The van der Waals surface area contributed by atoms with Crippen LogP contribution in [0.2, 0.25) is 0 Å². The maximum atomic E-state index is 10.6. The van der Waals surface area contributed by atoms with E-state index >= 15 is 0 Å². The van der Waals surface area contributed by atoms with Gasteiger partial charge in [-0.25, -0.2) is 0 Å². The third-order valence-electron chi connectivity index (χ3n) is 1.30. The lowest BCUT2D eigenvalue weighted by molar-refractivity contribution is -0.112. The van der Waals surface area contributed by atoms with E-state index in [-0.39, 0.29) is 11.2 Å². The summed E-state index contributed by atoms with van der Waals surface area (Å²) in [5.74, 6) is 0. The Kier molecular flexibility index (Phi) is 6.27. The van der Waals surface area contributed by atoms with E-state index in [1.54, 1.807) is 0 Å². The van der Waals surface area contributed by atoms with Gasteiger partial charge in [0, 0.05) is 0 Å². The molecule has 2 nitrogen and oxygen atoms in total. The van der Waals surface area contributed by atoms with Gasteiger partial charge >= 0.3 is 0 Å². The minimum Gasteiger partial charge on any atom is -0.286 e. The van der Waals surface area contributed by atoms with E-state index in [4.69, 9.17) is 0 Å². The summed E-state index contributed by atoms with van der Waals surface area (Å²) in [6.07, 6.45) is 2.94. The molecule has 0 saturated carbocycles. The smallest absolute Gasteiger partial charge is 0.203 e. The molecule has 4 heteroatoms. The highest BCUT2D eigenvalue weighted by Gasteiger charge is 2.10. The number of carbonyl (C=O) groups is 1. The molecule has 0 aliphatic rings. The van der Waals surface area contributed by atoms with Gasteiger partial charge in [-0.3, -0.25) is 9.52 Å². The molecule has 0 fully saturated rings. The molecule has 0 aromatic carbocycles. The average molecular weight is 179 g/mol. The van der Waals surface area contributed by atoms with Gasteiger partial charge in [-0.2, -0.15) is 0 Å². The maximum Gasteiger partial charge on any atom is 0.203 e. The van der Waals surface area contributed by atoms with Gasteiger partial charge in [0.05, 0.1) is 6.04 Å². The SMILES string of the molecule is CCCC[C@H](NS)C(=O)S. The van der Waals surface area contributed by atoms with Crippen LogP contribution in [0.15, 0.2) is 0 Å². The highest BCUT2D eigenvalue weighted by molar-refractivity contribution is 7.96. The Morgan fingerprint density at radius 2 is 2.30 bits per heavy atom. The summed E-state index contributed by atoms with van der Waals surface area (Å²) in [6, 6.07) is -0.188. The molecule has 0 aliphatic heterocycles. The first-order chi connectivity index (χ1) is 4.72. The first-order valence-electron chi connectivity index (χ1n) is 3.34. The summed E-state index contributed by atoms with van der Waals surface area (Å²) in [5.41, 5.74) is 0. The molecule has 0 heterocycles. The molecular weight excluding hydrogens is 166 g/mol. The first kappa shape index (κ1) is 10.3. The van der Waals surface area contributed by atoms with Crippen molar-refractivity contribution in [3.8, 4) is 0 Å². The maximum absolute atomic E-state index is 10.6. The molecule has 0 rings (SSSR count). The van der Waals surface area contributed by atoms with E-state index in [1.165, 1.54) is 0 Å². The molecule has 60 valence electrons. The first-order valence-corrected chi connectivity index (χ1v) is 4.24. The fourth-order valence-electron chi connectivity index (χ4n) is 0.651. The Balaban J connectivity index is 3.50. The standard InChI is InChI=1S/C6H13NOS2/c1-2-3-4-5(7-10)6(8)9/h5,7,10H,2-4H2,1H3,(H,8,9)/t5-/m0/s1. The van der Waals surface area contributed by atoms with Gasteiger partial charge < -0.3 is 0 Å². The number of thiol groups is 2. The topological polar surface area (TPSA) is 29.1 Å². The predicted octanol–water partition coefficient (Wildman–Crippen LogP) is 1.44. The quantitative estimate of drug-likeness (QED) is 0.557. The van der Waals surface area contributed by atoms with Crippen LogP contribution >= 0.6 is 25.4 Å². The van der Waals surface area contributed by atoms with Crippen LogP contribution in [0.4, 0.5) is 0 Å². The van der Waals surface area contributed by atoms with Crippen molar-refractivity contribution in [1.82, 2.24) is 4.72 Å². The molecule has 0 aromatic heterocycles. The monoisotopic (exact) mass is 179 g/mol. The van der Waals surface area contributed by atoms with Gasteiger partial charge in [0.2, 0.25) is 5.12 Å². The number of hydrogen-bond donors (Lipinski definition) is 3. The van der Waals surface area contributed by atoms with Crippen molar-refractivity contribution in [3.05, 3.63) is 0 Å².